The van der Waals surface area contributed by atoms with Crippen LogP contribution in [0.2, 0.25) is 10.0 Å². The van der Waals surface area contributed by atoms with Crippen LogP contribution in [0.15, 0.2) is 29.9 Å². The second kappa shape index (κ2) is 5.83. The summed E-state index contributed by atoms with van der Waals surface area (Å²) in [7, 11) is 0. The molecule has 1 unspecified atom stereocenters. The molecule has 90 valence electrons. The summed E-state index contributed by atoms with van der Waals surface area (Å²) in [6.07, 6.45) is 1.87. The molecule has 1 heterocycles. The first-order chi connectivity index (χ1) is 8.16. The lowest BCUT2D eigenvalue weighted by Crippen LogP contribution is -2.17. The first-order valence-corrected chi connectivity index (χ1v) is 6.86. The van der Waals surface area contributed by atoms with E-state index in [9.17, 15) is 0 Å². The number of thiazole rings is 1. The van der Waals surface area contributed by atoms with Gasteiger partial charge < -0.3 is 5.32 Å². The Morgan fingerprint density at radius 1 is 1.41 bits per heavy atom. The highest BCUT2D eigenvalue weighted by Crippen LogP contribution is 2.26. The molecule has 0 aliphatic carbocycles. The summed E-state index contributed by atoms with van der Waals surface area (Å²) in [5, 5.41) is 4.84. The maximum absolute atomic E-state index is 6.14. The third kappa shape index (κ3) is 3.42. The van der Waals surface area contributed by atoms with Gasteiger partial charge in [0.15, 0.2) is 0 Å². The maximum atomic E-state index is 6.14. The summed E-state index contributed by atoms with van der Waals surface area (Å²) in [5.74, 6) is 0. The van der Waals surface area contributed by atoms with Crippen LogP contribution in [0.1, 0.15) is 23.4 Å². The van der Waals surface area contributed by atoms with E-state index < -0.39 is 0 Å². The van der Waals surface area contributed by atoms with E-state index >= 15 is 0 Å². The summed E-state index contributed by atoms with van der Waals surface area (Å²) in [6, 6.07) is 5.67. The van der Waals surface area contributed by atoms with Gasteiger partial charge >= 0.3 is 0 Å². The Morgan fingerprint density at radius 2 is 2.24 bits per heavy atom. The van der Waals surface area contributed by atoms with Crippen LogP contribution in [0.4, 0.5) is 0 Å². The zero-order valence-corrected chi connectivity index (χ0v) is 11.6. The number of hydrogen-bond acceptors (Lipinski definition) is 3. The fourth-order valence-electron chi connectivity index (χ4n) is 1.54. The van der Waals surface area contributed by atoms with Crippen molar-refractivity contribution in [3.63, 3.8) is 0 Å². The second-order valence-electron chi connectivity index (χ2n) is 3.74. The topological polar surface area (TPSA) is 24.9 Å². The second-order valence-corrected chi connectivity index (χ2v) is 5.55. The molecular weight excluding hydrogens is 275 g/mol. The van der Waals surface area contributed by atoms with E-state index in [1.54, 1.807) is 17.4 Å². The van der Waals surface area contributed by atoms with Gasteiger partial charge in [0.1, 0.15) is 0 Å². The summed E-state index contributed by atoms with van der Waals surface area (Å²) in [6.45, 7) is 2.85. The van der Waals surface area contributed by atoms with Crippen molar-refractivity contribution in [2.75, 3.05) is 0 Å². The first kappa shape index (κ1) is 12.8. The number of nitrogens with zero attached hydrogens (tertiary/aromatic N) is 1. The lowest BCUT2D eigenvalue weighted by Gasteiger charge is -2.15. The van der Waals surface area contributed by atoms with E-state index in [1.165, 1.54) is 4.88 Å². The van der Waals surface area contributed by atoms with Crippen LogP contribution in [-0.4, -0.2) is 4.98 Å². The molecule has 1 N–H and O–H groups in total. The minimum Gasteiger partial charge on any atom is -0.305 e. The summed E-state index contributed by atoms with van der Waals surface area (Å²) in [4.78, 5) is 5.24. The van der Waals surface area contributed by atoms with E-state index in [2.05, 4.69) is 17.2 Å². The van der Waals surface area contributed by atoms with Crippen LogP contribution in [-0.2, 0) is 6.54 Å². The Balaban J connectivity index is 2.04. The van der Waals surface area contributed by atoms with Crippen LogP contribution in [0.3, 0.4) is 0 Å². The Kier molecular flexibility index (Phi) is 4.40. The molecule has 0 saturated heterocycles. The highest BCUT2D eigenvalue weighted by Gasteiger charge is 2.10. The molecule has 17 heavy (non-hydrogen) atoms. The van der Waals surface area contributed by atoms with E-state index in [0.29, 0.717) is 5.02 Å². The molecule has 1 atom stereocenters. The van der Waals surface area contributed by atoms with Gasteiger partial charge in [-0.05, 0) is 30.7 Å². The predicted molar refractivity (Wildman–Crippen MR) is 73.8 cm³/mol. The Bertz CT molecular complexity index is 485. The van der Waals surface area contributed by atoms with Gasteiger partial charge in [-0.2, -0.15) is 0 Å². The van der Waals surface area contributed by atoms with Crippen molar-refractivity contribution < 1.29 is 0 Å². The SMILES string of the molecule is CC(NCc1cncs1)c1cc(Cl)ccc1Cl. The quantitative estimate of drug-likeness (QED) is 0.906. The predicted octanol–water partition coefficient (Wildman–Crippen LogP) is 4.30. The molecular formula is C12H12Cl2N2S. The molecule has 0 amide bonds. The van der Waals surface area contributed by atoms with Crippen molar-refractivity contribution in [1.82, 2.24) is 10.3 Å². The number of benzene rings is 1. The van der Waals surface area contributed by atoms with Crippen molar-refractivity contribution in [2.45, 2.75) is 19.5 Å². The summed E-state index contributed by atoms with van der Waals surface area (Å²) in [5.41, 5.74) is 2.84. The molecule has 1 aromatic carbocycles. The lowest BCUT2D eigenvalue weighted by atomic mass is 10.1. The number of hydrogen-bond donors (Lipinski definition) is 1. The van der Waals surface area contributed by atoms with Gasteiger partial charge in [-0.3, -0.25) is 4.98 Å². The Morgan fingerprint density at radius 3 is 2.94 bits per heavy atom. The molecule has 0 fully saturated rings. The van der Waals surface area contributed by atoms with Gasteiger partial charge in [0.2, 0.25) is 0 Å². The van der Waals surface area contributed by atoms with Gasteiger partial charge in [0.25, 0.3) is 0 Å². The maximum Gasteiger partial charge on any atom is 0.0794 e. The number of nitrogens with one attached hydrogen (secondary N) is 1. The van der Waals surface area contributed by atoms with Crippen molar-refractivity contribution in [2.24, 2.45) is 0 Å². The molecule has 1 aromatic heterocycles. The minimum atomic E-state index is 0.156. The Hall–Kier alpha value is -0.610. The smallest absolute Gasteiger partial charge is 0.0794 e. The van der Waals surface area contributed by atoms with Gasteiger partial charge in [0, 0.05) is 33.7 Å². The van der Waals surface area contributed by atoms with E-state index in [4.69, 9.17) is 23.2 Å². The van der Waals surface area contributed by atoms with Crippen molar-refractivity contribution >= 4 is 34.5 Å². The largest absolute Gasteiger partial charge is 0.305 e. The van der Waals surface area contributed by atoms with Gasteiger partial charge in [-0.15, -0.1) is 11.3 Å². The standard InChI is InChI=1S/C12H12Cl2N2S/c1-8(16-6-10-5-15-7-17-10)11-4-9(13)2-3-12(11)14/h2-5,7-8,16H,6H2,1H3. The fraction of sp³-hybridized carbons (Fsp3) is 0.250. The molecule has 2 aromatic rings. The molecule has 0 aliphatic heterocycles. The third-order valence-electron chi connectivity index (χ3n) is 2.49. The molecule has 0 bridgehead atoms. The monoisotopic (exact) mass is 286 g/mol. The molecule has 5 heteroatoms. The van der Waals surface area contributed by atoms with Crippen molar-refractivity contribution in [3.05, 3.63) is 50.4 Å². The summed E-state index contributed by atoms with van der Waals surface area (Å²) < 4.78 is 0. The molecule has 0 spiro atoms. The third-order valence-corrected chi connectivity index (χ3v) is 3.85. The zero-order chi connectivity index (χ0) is 12.3. The molecule has 0 saturated carbocycles. The average Bonchev–Trinajstić information content (AvgIpc) is 2.82. The molecule has 2 rings (SSSR count). The van der Waals surface area contributed by atoms with Crippen molar-refractivity contribution in [3.8, 4) is 0 Å². The zero-order valence-electron chi connectivity index (χ0n) is 9.28. The van der Waals surface area contributed by atoms with Crippen LogP contribution < -0.4 is 5.32 Å². The van der Waals surface area contributed by atoms with Crippen LogP contribution in [0.25, 0.3) is 0 Å². The van der Waals surface area contributed by atoms with Crippen LogP contribution >= 0.6 is 34.5 Å². The summed E-state index contributed by atoms with van der Waals surface area (Å²) >= 11 is 13.7. The number of rotatable bonds is 4. The van der Waals surface area contributed by atoms with Gasteiger partial charge in [-0.1, -0.05) is 23.2 Å². The van der Waals surface area contributed by atoms with E-state index in [-0.39, 0.29) is 6.04 Å². The van der Waals surface area contributed by atoms with Gasteiger partial charge in [0.05, 0.1) is 5.51 Å². The normalized spacial score (nSPS) is 12.6. The van der Waals surface area contributed by atoms with E-state index in [0.717, 1.165) is 17.1 Å². The van der Waals surface area contributed by atoms with E-state index in [1.807, 2.05) is 23.8 Å². The molecule has 2 nitrogen and oxygen atoms in total. The first-order valence-electron chi connectivity index (χ1n) is 5.22. The van der Waals surface area contributed by atoms with Gasteiger partial charge in [-0.25, -0.2) is 0 Å². The average molecular weight is 287 g/mol. The minimum absolute atomic E-state index is 0.156. The molecule has 0 radical (unpaired) electrons. The number of halogens is 2. The molecule has 0 aliphatic rings. The number of aromatic nitrogens is 1. The van der Waals surface area contributed by atoms with Crippen LogP contribution in [0, 0.1) is 0 Å². The fourth-order valence-corrected chi connectivity index (χ4v) is 2.55. The Labute approximate surface area is 115 Å². The highest BCUT2D eigenvalue weighted by molar-refractivity contribution is 7.09. The van der Waals surface area contributed by atoms with Crippen molar-refractivity contribution in [1.29, 1.82) is 0 Å². The highest BCUT2D eigenvalue weighted by atomic mass is 35.5. The lowest BCUT2D eigenvalue weighted by molar-refractivity contribution is 0.578. The van der Waals surface area contributed by atoms with Crippen LogP contribution in [0.5, 0.6) is 0 Å².